The van der Waals surface area contributed by atoms with E-state index in [-0.39, 0.29) is 11.9 Å². The molecule has 0 amide bonds. The summed E-state index contributed by atoms with van der Waals surface area (Å²) in [6.07, 6.45) is 7.54. The normalized spacial score (nSPS) is 11.6. The molecule has 1 aromatic carbocycles. The molecule has 0 aliphatic heterocycles. The number of aromatic nitrogens is 5. The monoisotopic (exact) mass is 414 g/mol. The molecule has 0 aliphatic rings. The largest absolute Gasteiger partial charge is 0.368 e. The Morgan fingerprint density at radius 2 is 2.03 bits per heavy atom. The average Bonchev–Trinajstić information content (AvgIpc) is 3.38. The van der Waals surface area contributed by atoms with E-state index in [1.54, 1.807) is 6.20 Å². The molecule has 0 saturated heterocycles. The van der Waals surface area contributed by atoms with Crippen LogP contribution >= 0.6 is 0 Å². The zero-order chi connectivity index (χ0) is 21.4. The highest BCUT2D eigenvalue weighted by Gasteiger charge is 2.15. The molecule has 2 N–H and O–H groups in total. The van der Waals surface area contributed by atoms with Gasteiger partial charge in [-0.25, -0.2) is 14.4 Å². The predicted molar refractivity (Wildman–Crippen MR) is 122 cm³/mol. The summed E-state index contributed by atoms with van der Waals surface area (Å²) in [4.78, 5) is 16.7. The highest BCUT2D eigenvalue weighted by molar-refractivity contribution is 5.89. The Morgan fingerprint density at radius 3 is 2.87 bits per heavy atom. The van der Waals surface area contributed by atoms with Gasteiger partial charge >= 0.3 is 0 Å². The minimum absolute atomic E-state index is 0.241. The number of hydrogen-bond donors (Lipinski definition) is 2. The van der Waals surface area contributed by atoms with E-state index in [0.29, 0.717) is 23.6 Å². The molecule has 0 radical (unpaired) electrons. The SMILES string of the molecule is CC(C)n1cnc2c(NCCc3c[nH]c4ccccc34)nc(-c3cncc(F)c3)cc21. The first-order valence-corrected chi connectivity index (χ1v) is 10.4. The van der Waals surface area contributed by atoms with E-state index in [2.05, 4.69) is 57.0 Å². The number of para-hydroxylation sites is 1. The number of benzene rings is 1. The van der Waals surface area contributed by atoms with Crippen LogP contribution in [0.1, 0.15) is 25.5 Å². The van der Waals surface area contributed by atoms with E-state index in [4.69, 9.17) is 4.98 Å². The summed E-state index contributed by atoms with van der Waals surface area (Å²) in [5.41, 5.74) is 5.45. The summed E-state index contributed by atoms with van der Waals surface area (Å²) in [6.45, 7) is 4.91. The van der Waals surface area contributed by atoms with Crippen LogP contribution in [0.3, 0.4) is 0 Å². The quantitative estimate of drug-likeness (QED) is 0.393. The van der Waals surface area contributed by atoms with Gasteiger partial charge in [-0.15, -0.1) is 0 Å². The van der Waals surface area contributed by atoms with Crippen molar-refractivity contribution < 1.29 is 4.39 Å². The van der Waals surface area contributed by atoms with Crippen molar-refractivity contribution in [2.24, 2.45) is 0 Å². The molecule has 0 unspecified atom stereocenters. The van der Waals surface area contributed by atoms with Gasteiger partial charge in [0.25, 0.3) is 0 Å². The molecule has 0 atom stereocenters. The van der Waals surface area contributed by atoms with Crippen molar-refractivity contribution in [2.75, 3.05) is 11.9 Å². The van der Waals surface area contributed by atoms with Crippen LogP contribution in [-0.2, 0) is 6.42 Å². The maximum absolute atomic E-state index is 13.8. The molecule has 156 valence electrons. The summed E-state index contributed by atoms with van der Waals surface area (Å²) in [7, 11) is 0. The standard InChI is InChI=1S/C24H23FN6/c1-15(2)31-14-29-23-22(31)10-21(17-9-18(25)13-26-11-17)30-24(23)27-8-7-16-12-28-20-6-4-3-5-19(16)20/h3-6,9-15,28H,7-8H2,1-2H3,(H,27,30). The molecule has 5 aromatic rings. The molecule has 6 nitrogen and oxygen atoms in total. The van der Waals surface area contributed by atoms with E-state index in [9.17, 15) is 4.39 Å². The molecular weight excluding hydrogens is 391 g/mol. The van der Waals surface area contributed by atoms with Crippen molar-refractivity contribution in [3.05, 3.63) is 72.7 Å². The van der Waals surface area contributed by atoms with Crippen LogP contribution in [0.5, 0.6) is 0 Å². The summed E-state index contributed by atoms with van der Waals surface area (Å²) in [5.74, 6) is 0.307. The lowest BCUT2D eigenvalue weighted by Gasteiger charge is -2.12. The highest BCUT2D eigenvalue weighted by atomic mass is 19.1. The van der Waals surface area contributed by atoms with Crippen molar-refractivity contribution >= 4 is 27.8 Å². The fourth-order valence-electron chi connectivity index (χ4n) is 3.92. The number of pyridine rings is 2. The maximum Gasteiger partial charge on any atom is 0.154 e. The molecule has 7 heteroatoms. The van der Waals surface area contributed by atoms with Gasteiger partial charge in [0.1, 0.15) is 11.3 Å². The molecule has 4 aromatic heterocycles. The molecule has 0 bridgehead atoms. The van der Waals surface area contributed by atoms with Crippen molar-refractivity contribution in [1.29, 1.82) is 0 Å². The van der Waals surface area contributed by atoms with Crippen LogP contribution in [0.15, 0.2) is 61.3 Å². The first-order chi connectivity index (χ1) is 15.1. The number of H-pyrrole nitrogens is 1. The van der Waals surface area contributed by atoms with Gasteiger partial charge in [-0.2, -0.15) is 0 Å². The van der Waals surface area contributed by atoms with Gasteiger partial charge < -0.3 is 14.9 Å². The Bertz CT molecular complexity index is 1370. The summed E-state index contributed by atoms with van der Waals surface area (Å²) < 4.78 is 15.9. The van der Waals surface area contributed by atoms with Crippen LogP contribution in [0.25, 0.3) is 33.2 Å². The van der Waals surface area contributed by atoms with Gasteiger partial charge in [-0.05, 0) is 44.0 Å². The Morgan fingerprint density at radius 1 is 1.16 bits per heavy atom. The minimum Gasteiger partial charge on any atom is -0.368 e. The van der Waals surface area contributed by atoms with E-state index in [0.717, 1.165) is 23.0 Å². The maximum atomic E-state index is 13.8. The summed E-state index contributed by atoms with van der Waals surface area (Å²) in [5, 5.41) is 4.68. The van der Waals surface area contributed by atoms with Crippen molar-refractivity contribution in [2.45, 2.75) is 26.3 Å². The smallest absolute Gasteiger partial charge is 0.154 e. The van der Waals surface area contributed by atoms with Crippen molar-refractivity contribution in [1.82, 2.24) is 24.5 Å². The second-order valence-corrected chi connectivity index (χ2v) is 7.90. The third-order valence-corrected chi connectivity index (χ3v) is 5.48. The second-order valence-electron chi connectivity index (χ2n) is 7.90. The Balaban J connectivity index is 1.49. The van der Waals surface area contributed by atoms with Crippen LogP contribution < -0.4 is 5.32 Å². The highest BCUT2D eigenvalue weighted by Crippen LogP contribution is 2.29. The molecule has 0 fully saturated rings. The Kier molecular flexibility index (Phi) is 4.86. The number of nitrogens with one attached hydrogen (secondary N) is 2. The number of nitrogens with zero attached hydrogens (tertiary/aromatic N) is 4. The first kappa shape index (κ1) is 19.2. The fraction of sp³-hybridized carbons (Fsp3) is 0.208. The molecule has 0 saturated carbocycles. The van der Waals surface area contributed by atoms with E-state index < -0.39 is 0 Å². The minimum atomic E-state index is -0.384. The Labute approximate surface area is 179 Å². The zero-order valence-electron chi connectivity index (χ0n) is 17.4. The number of imidazole rings is 1. The molecule has 0 aliphatic carbocycles. The van der Waals surface area contributed by atoms with Crippen LogP contribution in [0.2, 0.25) is 0 Å². The van der Waals surface area contributed by atoms with Crippen LogP contribution in [0.4, 0.5) is 10.2 Å². The Hall–Kier alpha value is -3.74. The van der Waals surface area contributed by atoms with Gasteiger partial charge in [0.05, 0.1) is 23.7 Å². The lowest BCUT2D eigenvalue weighted by atomic mass is 10.1. The molecule has 5 rings (SSSR count). The van der Waals surface area contributed by atoms with Gasteiger partial charge in [0.2, 0.25) is 0 Å². The molecule has 4 heterocycles. The van der Waals surface area contributed by atoms with Crippen LogP contribution in [-0.4, -0.2) is 31.0 Å². The number of anilines is 1. The number of aromatic amines is 1. The predicted octanol–water partition coefficient (Wildman–Crippen LogP) is 5.35. The lowest BCUT2D eigenvalue weighted by molar-refractivity contribution is 0.617. The van der Waals surface area contributed by atoms with Gasteiger partial charge in [-0.1, -0.05) is 18.2 Å². The van der Waals surface area contributed by atoms with Crippen molar-refractivity contribution in [3.8, 4) is 11.3 Å². The number of hydrogen-bond acceptors (Lipinski definition) is 4. The molecule has 31 heavy (non-hydrogen) atoms. The first-order valence-electron chi connectivity index (χ1n) is 10.4. The third kappa shape index (κ3) is 3.63. The summed E-state index contributed by atoms with van der Waals surface area (Å²) >= 11 is 0. The van der Waals surface area contributed by atoms with Gasteiger partial charge in [0.15, 0.2) is 5.82 Å². The second kappa shape index (κ2) is 7.83. The number of rotatable bonds is 6. The molecular formula is C24H23FN6. The topological polar surface area (TPSA) is 71.4 Å². The number of halogens is 1. The van der Waals surface area contributed by atoms with E-state index in [1.165, 1.54) is 23.2 Å². The summed E-state index contributed by atoms with van der Waals surface area (Å²) in [6, 6.07) is 11.9. The number of fused-ring (bicyclic) bond motifs is 2. The lowest BCUT2D eigenvalue weighted by Crippen LogP contribution is -2.08. The fourth-order valence-corrected chi connectivity index (χ4v) is 3.92. The van der Waals surface area contributed by atoms with Gasteiger partial charge in [-0.3, -0.25) is 4.98 Å². The van der Waals surface area contributed by atoms with E-state index >= 15 is 0 Å². The molecule has 0 spiro atoms. The average molecular weight is 414 g/mol. The van der Waals surface area contributed by atoms with E-state index in [1.807, 2.05) is 24.5 Å². The third-order valence-electron chi connectivity index (χ3n) is 5.48. The van der Waals surface area contributed by atoms with Crippen molar-refractivity contribution in [3.63, 3.8) is 0 Å². The van der Waals surface area contributed by atoms with Gasteiger partial charge in [0, 0.05) is 41.4 Å². The zero-order valence-corrected chi connectivity index (χ0v) is 17.4. The van der Waals surface area contributed by atoms with Crippen LogP contribution in [0, 0.1) is 5.82 Å².